The zero-order chi connectivity index (χ0) is 13.5. The van der Waals surface area contributed by atoms with Crippen molar-refractivity contribution >= 4 is 48.8 Å². The van der Waals surface area contributed by atoms with E-state index in [1.165, 1.54) is 0 Å². The fourth-order valence-electron chi connectivity index (χ4n) is 2.23. The lowest BCUT2D eigenvalue weighted by molar-refractivity contribution is 0.602. The van der Waals surface area contributed by atoms with Gasteiger partial charge in [-0.25, -0.2) is 13.4 Å². The first-order valence-corrected chi connectivity index (χ1v) is 9.83. The van der Waals surface area contributed by atoms with Crippen molar-refractivity contribution < 1.29 is 8.42 Å². The minimum atomic E-state index is -2.83. The van der Waals surface area contributed by atoms with Gasteiger partial charge in [0.25, 0.3) is 0 Å². The molecule has 19 heavy (non-hydrogen) atoms. The second-order valence-electron chi connectivity index (χ2n) is 4.61. The lowest BCUT2D eigenvalue weighted by Gasteiger charge is -2.11. The molecule has 102 valence electrons. The maximum Gasteiger partial charge on any atom is 0.152 e. The molecule has 4 nitrogen and oxygen atoms in total. The van der Waals surface area contributed by atoms with Crippen molar-refractivity contribution in [1.82, 2.24) is 4.98 Å². The number of aromatic nitrogens is 1. The fraction of sp³-hybridized carbons (Fsp3) is 0.417. The highest BCUT2D eigenvalue weighted by molar-refractivity contribution is 8.00. The summed E-state index contributed by atoms with van der Waals surface area (Å²) < 4.78 is 25.1. The van der Waals surface area contributed by atoms with E-state index in [9.17, 15) is 8.42 Å². The van der Waals surface area contributed by atoms with Crippen LogP contribution in [0.5, 0.6) is 0 Å². The summed E-state index contributed by atoms with van der Waals surface area (Å²) in [7, 11) is -2.83. The molecule has 0 saturated carbocycles. The predicted molar refractivity (Wildman–Crippen MR) is 82.1 cm³/mol. The van der Waals surface area contributed by atoms with Crippen LogP contribution >= 0.6 is 23.1 Å². The van der Waals surface area contributed by atoms with Crippen LogP contribution in [-0.2, 0) is 9.84 Å². The number of fused-ring (bicyclic) bond motifs is 1. The van der Waals surface area contributed by atoms with Crippen LogP contribution < -0.4 is 5.32 Å². The Kier molecular flexibility index (Phi) is 3.44. The number of anilines is 1. The minimum Gasteiger partial charge on any atom is -0.381 e. The number of benzene rings is 1. The molecule has 3 rings (SSSR count). The van der Waals surface area contributed by atoms with E-state index in [2.05, 4.69) is 16.4 Å². The molecular formula is C12H14N2O2S3. The number of hydrogen-bond donors (Lipinski definition) is 1. The largest absolute Gasteiger partial charge is 0.381 e. The molecule has 0 amide bonds. The van der Waals surface area contributed by atoms with Crippen molar-refractivity contribution in [3.05, 3.63) is 18.2 Å². The highest BCUT2D eigenvalue weighted by Crippen LogP contribution is 2.30. The van der Waals surface area contributed by atoms with Crippen LogP contribution in [-0.4, -0.2) is 37.2 Å². The lowest BCUT2D eigenvalue weighted by atomic mass is 10.2. The van der Waals surface area contributed by atoms with Crippen molar-refractivity contribution in [1.29, 1.82) is 0 Å². The Hall–Kier alpha value is -0.790. The number of nitrogens with zero attached hydrogens (tertiary/aromatic N) is 1. The molecule has 0 aliphatic carbocycles. The summed E-state index contributed by atoms with van der Waals surface area (Å²) in [4.78, 5) is 4.49. The molecule has 1 atom stereocenters. The van der Waals surface area contributed by atoms with Crippen molar-refractivity contribution in [3.63, 3.8) is 0 Å². The first kappa shape index (κ1) is 13.2. The quantitative estimate of drug-likeness (QED) is 0.883. The van der Waals surface area contributed by atoms with Gasteiger partial charge in [-0.15, -0.1) is 11.3 Å². The number of nitrogens with one attached hydrogen (secondary N) is 1. The van der Waals surface area contributed by atoms with Crippen LogP contribution in [0.25, 0.3) is 10.2 Å². The van der Waals surface area contributed by atoms with Crippen molar-refractivity contribution in [2.45, 2.75) is 16.8 Å². The SMILES string of the molecule is CSc1nc2ccc(NC3CCS(=O)(=O)C3)cc2s1. The first-order valence-electron chi connectivity index (χ1n) is 5.97. The van der Waals surface area contributed by atoms with Gasteiger partial charge in [0.05, 0.1) is 21.7 Å². The van der Waals surface area contributed by atoms with Gasteiger partial charge in [0, 0.05) is 11.7 Å². The Morgan fingerprint density at radius 3 is 3.00 bits per heavy atom. The Labute approximate surface area is 120 Å². The van der Waals surface area contributed by atoms with Crippen LogP contribution in [0.4, 0.5) is 5.69 Å². The molecule has 0 radical (unpaired) electrons. The molecule has 1 N–H and O–H groups in total. The highest BCUT2D eigenvalue weighted by Gasteiger charge is 2.27. The van der Waals surface area contributed by atoms with E-state index < -0.39 is 9.84 Å². The Morgan fingerprint density at radius 2 is 2.32 bits per heavy atom. The summed E-state index contributed by atoms with van der Waals surface area (Å²) in [6.07, 6.45) is 2.71. The maximum absolute atomic E-state index is 11.4. The third-order valence-electron chi connectivity index (χ3n) is 3.15. The van der Waals surface area contributed by atoms with Gasteiger partial charge < -0.3 is 5.32 Å². The molecule has 1 aliphatic heterocycles. The van der Waals surface area contributed by atoms with Gasteiger partial charge in [-0.2, -0.15) is 0 Å². The van der Waals surface area contributed by atoms with E-state index in [1.54, 1.807) is 23.1 Å². The third-order valence-corrected chi connectivity index (χ3v) is 6.92. The van der Waals surface area contributed by atoms with E-state index in [1.807, 2.05) is 18.4 Å². The summed E-state index contributed by atoms with van der Waals surface area (Å²) in [5.74, 6) is 0.536. The summed E-state index contributed by atoms with van der Waals surface area (Å²) in [5.41, 5.74) is 1.98. The molecule has 1 aromatic carbocycles. The first-order chi connectivity index (χ1) is 9.05. The van der Waals surface area contributed by atoms with Crippen LogP contribution in [0.1, 0.15) is 6.42 Å². The third kappa shape index (κ3) is 2.88. The zero-order valence-electron chi connectivity index (χ0n) is 10.4. The number of hydrogen-bond acceptors (Lipinski definition) is 6. The van der Waals surface area contributed by atoms with Crippen molar-refractivity contribution in [3.8, 4) is 0 Å². The second kappa shape index (κ2) is 4.96. The second-order valence-corrected chi connectivity index (χ2v) is 8.92. The van der Waals surface area contributed by atoms with Gasteiger partial charge in [-0.05, 0) is 30.9 Å². The van der Waals surface area contributed by atoms with Gasteiger partial charge in [-0.1, -0.05) is 11.8 Å². The average molecular weight is 314 g/mol. The normalized spacial score (nSPS) is 21.8. The number of thiazole rings is 1. The van der Waals surface area contributed by atoms with Crippen LogP contribution in [0.2, 0.25) is 0 Å². The zero-order valence-corrected chi connectivity index (χ0v) is 12.9. The van der Waals surface area contributed by atoms with E-state index in [0.717, 1.165) is 20.2 Å². The minimum absolute atomic E-state index is 0.0374. The van der Waals surface area contributed by atoms with E-state index in [4.69, 9.17) is 0 Å². The highest BCUT2D eigenvalue weighted by atomic mass is 32.2. The van der Waals surface area contributed by atoms with E-state index in [-0.39, 0.29) is 11.8 Å². The van der Waals surface area contributed by atoms with Crippen molar-refractivity contribution in [2.24, 2.45) is 0 Å². The summed E-state index contributed by atoms with van der Waals surface area (Å²) in [6.45, 7) is 0. The van der Waals surface area contributed by atoms with Crippen LogP contribution in [0, 0.1) is 0 Å². The summed E-state index contributed by atoms with van der Waals surface area (Å²) >= 11 is 3.30. The summed E-state index contributed by atoms with van der Waals surface area (Å²) in [6, 6.07) is 6.04. The number of rotatable bonds is 3. The van der Waals surface area contributed by atoms with Gasteiger partial charge in [0.1, 0.15) is 0 Å². The molecule has 2 heterocycles. The van der Waals surface area contributed by atoms with E-state index >= 15 is 0 Å². The molecule has 1 aliphatic rings. The molecule has 1 unspecified atom stereocenters. The van der Waals surface area contributed by atoms with Crippen LogP contribution in [0.3, 0.4) is 0 Å². The van der Waals surface area contributed by atoms with Crippen LogP contribution in [0.15, 0.2) is 22.5 Å². The molecule has 2 aromatic rings. The predicted octanol–water partition coefficient (Wildman–Crippen LogP) is 2.62. The monoisotopic (exact) mass is 314 g/mol. The summed E-state index contributed by atoms with van der Waals surface area (Å²) in [5, 5.41) is 3.31. The average Bonchev–Trinajstić information content (AvgIpc) is 2.91. The van der Waals surface area contributed by atoms with E-state index in [0.29, 0.717) is 12.2 Å². The topological polar surface area (TPSA) is 59.1 Å². The Bertz CT molecular complexity index is 709. The molecule has 7 heteroatoms. The van der Waals surface area contributed by atoms with Crippen molar-refractivity contribution in [2.75, 3.05) is 23.1 Å². The molecule has 1 saturated heterocycles. The van der Waals surface area contributed by atoms with Gasteiger partial charge in [0.15, 0.2) is 14.2 Å². The molecule has 1 aromatic heterocycles. The number of thioether (sulfide) groups is 1. The number of sulfone groups is 1. The lowest BCUT2D eigenvalue weighted by Crippen LogP contribution is -2.20. The van der Waals surface area contributed by atoms with Gasteiger partial charge in [0.2, 0.25) is 0 Å². The Balaban J connectivity index is 1.81. The molecule has 0 spiro atoms. The standard InChI is InChI=1S/C12H14N2O2S3/c1-17-12-14-10-3-2-8(6-11(10)18-12)13-9-4-5-19(15,16)7-9/h2-3,6,9,13H,4-5,7H2,1H3. The smallest absolute Gasteiger partial charge is 0.152 e. The Morgan fingerprint density at radius 1 is 1.47 bits per heavy atom. The fourth-order valence-corrected chi connectivity index (χ4v) is 5.43. The van der Waals surface area contributed by atoms with Gasteiger partial charge >= 0.3 is 0 Å². The van der Waals surface area contributed by atoms with Gasteiger partial charge in [-0.3, -0.25) is 0 Å². The molecule has 0 bridgehead atoms. The molecular weight excluding hydrogens is 300 g/mol. The molecule has 1 fully saturated rings. The maximum atomic E-state index is 11.4.